The quantitative estimate of drug-likeness (QED) is 0.780. The van der Waals surface area contributed by atoms with Crippen molar-refractivity contribution in [3.8, 4) is 0 Å². The maximum absolute atomic E-state index is 12.5. The van der Waals surface area contributed by atoms with Gasteiger partial charge in [0.1, 0.15) is 6.42 Å². The van der Waals surface area contributed by atoms with Crippen molar-refractivity contribution in [2.24, 2.45) is 11.7 Å². The molecule has 0 bridgehead atoms. The van der Waals surface area contributed by atoms with E-state index in [0.717, 1.165) is 12.1 Å². The summed E-state index contributed by atoms with van der Waals surface area (Å²) in [6, 6.07) is 7.91. The van der Waals surface area contributed by atoms with E-state index in [4.69, 9.17) is 5.73 Å². The van der Waals surface area contributed by atoms with Crippen molar-refractivity contribution in [1.29, 1.82) is 0 Å². The van der Waals surface area contributed by atoms with Crippen molar-refractivity contribution in [2.75, 3.05) is 24.5 Å². The number of carbonyl (C=O) groups is 2. The third-order valence-electron chi connectivity index (χ3n) is 4.48. The molecule has 5 nitrogen and oxygen atoms in total. The fraction of sp³-hybridized carbons (Fsp3) is 0.529. The summed E-state index contributed by atoms with van der Waals surface area (Å²) < 4.78 is 0. The van der Waals surface area contributed by atoms with E-state index < -0.39 is 0 Å². The molecule has 1 saturated carbocycles. The van der Waals surface area contributed by atoms with Crippen LogP contribution in [0.2, 0.25) is 0 Å². The molecule has 5 heteroatoms. The highest BCUT2D eigenvalue weighted by Gasteiger charge is 2.32. The first-order valence-corrected chi connectivity index (χ1v) is 8.05. The Morgan fingerprint density at radius 1 is 1.27 bits per heavy atom. The van der Waals surface area contributed by atoms with Crippen LogP contribution in [0.3, 0.4) is 0 Å². The van der Waals surface area contributed by atoms with Gasteiger partial charge in [0.25, 0.3) is 0 Å². The average molecular weight is 301 g/mol. The standard InChI is InChI=1S/C17H23N3O2/c18-8-7-13-11-20(15-4-2-1-3-14(13)15)17(22)9-16(21)19-10-12-5-6-12/h1-4,12-13H,5-11,18H2,(H,19,21). The van der Waals surface area contributed by atoms with Gasteiger partial charge in [0.05, 0.1) is 0 Å². The summed E-state index contributed by atoms with van der Waals surface area (Å²) in [6.07, 6.45) is 3.16. The van der Waals surface area contributed by atoms with Gasteiger partial charge in [-0.15, -0.1) is 0 Å². The molecule has 0 saturated heterocycles. The number of rotatable bonds is 6. The highest BCUT2D eigenvalue weighted by molar-refractivity contribution is 6.06. The van der Waals surface area contributed by atoms with E-state index in [2.05, 4.69) is 11.4 Å². The highest BCUT2D eigenvalue weighted by Crippen LogP contribution is 2.37. The molecule has 1 heterocycles. The molecule has 1 unspecified atom stereocenters. The van der Waals surface area contributed by atoms with Crippen LogP contribution in [0.5, 0.6) is 0 Å². The van der Waals surface area contributed by atoms with Gasteiger partial charge in [-0.1, -0.05) is 18.2 Å². The number of nitrogens with one attached hydrogen (secondary N) is 1. The zero-order valence-electron chi connectivity index (χ0n) is 12.8. The van der Waals surface area contributed by atoms with Gasteiger partial charge in [0, 0.05) is 24.7 Å². The zero-order valence-corrected chi connectivity index (χ0v) is 12.8. The summed E-state index contributed by atoms with van der Waals surface area (Å²) in [5.41, 5.74) is 7.77. The largest absolute Gasteiger partial charge is 0.355 e. The Balaban J connectivity index is 1.63. The van der Waals surface area contributed by atoms with Gasteiger partial charge in [-0.05, 0) is 43.4 Å². The van der Waals surface area contributed by atoms with Crippen molar-refractivity contribution >= 4 is 17.5 Å². The van der Waals surface area contributed by atoms with E-state index in [1.54, 1.807) is 4.90 Å². The molecule has 22 heavy (non-hydrogen) atoms. The molecular formula is C17H23N3O2. The van der Waals surface area contributed by atoms with E-state index in [1.807, 2.05) is 18.2 Å². The van der Waals surface area contributed by atoms with E-state index >= 15 is 0 Å². The first-order chi connectivity index (χ1) is 10.7. The van der Waals surface area contributed by atoms with Crippen molar-refractivity contribution in [2.45, 2.75) is 31.6 Å². The van der Waals surface area contributed by atoms with Crippen molar-refractivity contribution < 1.29 is 9.59 Å². The molecule has 3 N–H and O–H groups in total. The van der Waals surface area contributed by atoms with Crippen LogP contribution in [0.1, 0.15) is 37.2 Å². The second-order valence-corrected chi connectivity index (χ2v) is 6.26. The molecule has 1 fully saturated rings. The minimum Gasteiger partial charge on any atom is -0.355 e. The van der Waals surface area contributed by atoms with Gasteiger partial charge in [-0.2, -0.15) is 0 Å². The molecule has 1 aromatic carbocycles. The summed E-state index contributed by atoms with van der Waals surface area (Å²) >= 11 is 0. The van der Waals surface area contributed by atoms with Gasteiger partial charge < -0.3 is 16.0 Å². The number of fused-ring (bicyclic) bond motifs is 1. The third-order valence-corrected chi connectivity index (χ3v) is 4.48. The number of nitrogens with zero attached hydrogens (tertiary/aromatic N) is 1. The van der Waals surface area contributed by atoms with Crippen LogP contribution in [0.25, 0.3) is 0 Å². The summed E-state index contributed by atoms with van der Waals surface area (Å²) in [5.74, 6) is 0.608. The minimum atomic E-state index is -0.170. The smallest absolute Gasteiger partial charge is 0.236 e. The molecule has 3 rings (SSSR count). The molecule has 0 aromatic heterocycles. The van der Waals surface area contributed by atoms with Crippen LogP contribution in [-0.2, 0) is 9.59 Å². The summed E-state index contributed by atoms with van der Waals surface area (Å²) in [7, 11) is 0. The van der Waals surface area contributed by atoms with Crippen LogP contribution >= 0.6 is 0 Å². The van der Waals surface area contributed by atoms with Crippen LogP contribution < -0.4 is 16.0 Å². The second kappa shape index (κ2) is 6.48. The highest BCUT2D eigenvalue weighted by atomic mass is 16.2. The Kier molecular flexibility index (Phi) is 4.43. The normalized spacial score (nSPS) is 19.9. The first kappa shape index (κ1) is 15.0. The van der Waals surface area contributed by atoms with E-state index in [9.17, 15) is 9.59 Å². The van der Waals surface area contributed by atoms with Crippen LogP contribution in [-0.4, -0.2) is 31.4 Å². The zero-order chi connectivity index (χ0) is 15.5. The second-order valence-electron chi connectivity index (χ2n) is 6.26. The summed E-state index contributed by atoms with van der Waals surface area (Å²) in [6.45, 7) is 1.94. The number of anilines is 1. The molecule has 0 radical (unpaired) electrons. The number of carbonyl (C=O) groups excluding carboxylic acids is 2. The summed E-state index contributed by atoms with van der Waals surface area (Å²) in [4.78, 5) is 26.1. The van der Waals surface area contributed by atoms with Crippen molar-refractivity contribution in [3.63, 3.8) is 0 Å². The van der Waals surface area contributed by atoms with Crippen LogP contribution in [0, 0.1) is 5.92 Å². The number of benzene rings is 1. The monoisotopic (exact) mass is 301 g/mol. The Morgan fingerprint density at radius 3 is 2.77 bits per heavy atom. The van der Waals surface area contributed by atoms with E-state index in [1.165, 1.54) is 18.4 Å². The van der Waals surface area contributed by atoms with Gasteiger partial charge >= 0.3 is 0 Å². The fourth-order valence-electron chi connectivity index (χ4n) is 3.06. The summed E-state index contributed by atoms with van der Waals surface area (Å²) in [5, 5.41) is 2.85. The molecule has 1 atom stereocenters. The minimum absolute atomic E-state index is 0.0730. The molecule has 0 spiro atoms. The molecular weight excluding hydrogens is 278 g/mol. The van der Waals surface area contributed by atoms with Crippen LogP contribution in [0.15, 0.2) is 24.3 Å². The van der Waals surface area contributed by atoms with Gasteiger partial charge in [0.15, 0.2) is 0 Å². The lowest BCUT2D eigenvalue weighted by atomic mass is 9.98. The molecule has 1 aliphatic carbocycles. The number of amides is 2. The topological polar surface area (TPSA) is 75.4 Å². The van der Waals surface area contributed by atoms with E-state index in [-0.39, 0.29) is 24.2 Å². The predicted molar refractivity (Wildman–Crippen MR) is 85.6 cm³/mol. The van der Waals surface area contributed by atoms with Gasteiger partial charge in [-0.3, -0.25) is 9.59 Å². The number of hydrogen-bond donors (Lipinski definition) is 2. The lowest BCUT2D eigenvalue weighted by molar-refractivity contribution is -0.127. The van der Waals surface area contributed by atoms with Gasteiger partial charge in [0.2, 0.25) is 11.8 Å². The number of nitrogens with two attached hydrogens (primary N) is 1. The first-order valence-electron chi connectivity index (χ1n) is 8.05. The maximum atomic E-state index is 12.5. The SMILES string of the molecule is NCCC1CN(C(=O)CC(=O)NCC2CC2)c2ccccc21. The van der Waals surface area contributed by atoms with Crippen molar-refractivity contribution in [3.05, 3.63) is 29.8 Å². The lowest BCUT2D eigenvalue weighted by Gasteiger charge is -2.17. The van der Waals surface area contributed by atoms with Gasteiger partial charge in [-0.25, -0.2) is 0 Å². The molecule has 2 amide bonds. The Morgan fingerprint density at radius 2 is 2.05 bits per heavy atom. The predicted octanol–water partition coefficient (Wildman–Crippen LogP) is 1.38. The Bertz CT molecular complexity index is 569. The number of hydrogen-bond acceptors (Lipinski definition) is 3. The molecule has 118 valence electrons. The van der Waals surface area contributed by atoms with E-state index in [0.29, 0.717) is 25.6 Å². The lowest BCUT2D eigenvalue weighted by Crippen LogP contribution is -2.36. The van der Waals surface area contributed by atoms with Crippen molar-refractivity contribution in [1.82, 2.24) is 5.32 Å². The maximum Gasteiger partial charge on any atom is 0.236 e. The third kappa shape index (κ3) is 3.30. The fourth-order valence-corrected chi connectivity index (χ4v) is 3.06. The number of para-hydroxylation sites is 1. The average Bonchev–Trinajstić information content (AvgIpc) is 3.27. The Hall–Kier alpha value is -1.88. The Labute approximate surface area is 130 Å². The van der Waals surface area contributed by atoms with Crippen LogP contribution in [0.4, 0.5) is 5.69 Å². The molecule has 1 aliphatic heterocycles. The molecule has 2 aliphatic rings. The molecule has 1 aromatic rings.